The van der Waals surface area contributed by atoms with Crippen LogP contribution in [0.4, 0.5) is 0 Å². The maximum absolute atomic E-state index is 5.34. The summed E-state index contributed by atoms with van der Waals surface area (Å²) >= 11 is 0. The fourth-order valence-corrected chi connectivity index (χ4v) is 0.663. The Kier molecular flexibility index (Phi) is 6.55. The molecule has 0 fully saturated rings. The van der Waals surface area contributed by atoms with Crippen molar-refractivity contribution in [1.29, 1.82) is 0 Å². The number of hydrogen-bond acceptors (Lipinski definition) is 2. The quantitative estimate of drug-likeness (QED) is 0.564. The van der Waals surface area contributed by atoms with Crippen molar-refractivity contribution in [1.82, 2.24) is 5.32 Å². The Balaban J connectivity index is 3.07. The van der Waals surface area contributed by atoms with Crippen molar-refractivity contribution in [2.45, 2.75) is 19.4 Å². The van der Waals surface area contributed by atoms with Gasteiger partial charge in [-0.1, -0.05) is 6.08 Å². The Morgan fingerprint density at radius 3 is 2.90 bits per heavy atom. The van der Waals surface area contributed by atoms with Gasteiger partial charge in [0, 0.05) is 0 Å². The lowest BCUT2D eigenvalue weighted by molar-refractivity contribution is 0.0825. The van der Waals surface area contributed by atoms with E-state index in [2.05, 4.69) is 18.8 Å². The molecule has 0 saturated heterocycles. The van der Waals surface area contributed by atoms with Crippen LogP contribution in [0, 0.1) is 0 Å². The molecule has 0 aliphatic heterocycles. The molecule has 60 valence electrons. The lowest BCUT2D eigenvalue weighted by Crippen LogP contribution is -2.17. The summed E-state index contributed by atoms with van der Waals surface area (Å²) in [6, 6.07) is 0. The molecule has 0 radical (unpaired) electrons. The van der Waals surface area contributed by atoms with Gasteiger partial charge in [0.2, 0.25) is 0 Å². The second kappa shape index (κ2) is 6.78. The summed E-state index contributed by atoms with van der Waals surface area (Å²) in [5.41, 5.74) is 0. The van der Waals surface area contributed by atoms with Crippen LogP contribution in [0.3, 0.4) is 0 Å². The Morgan fingerprint density at radius 1 is 1.70 bits per heavy atom. The van der Waals surface area contributed by atoms with Crippen LogP contribution in [-0.4, -0.2) is 26.3 Å². The van der Waals surface area contributed by atoms with Crippen LogP contribution in [-0.2, 0) is 4.74 Å². The van der Waals surface area contributed by atoms with E-state index >= 15 is 0 Å². The second-order valence-electron chi connectivity index (χ2n) is 2.32. The van der Waals surface area contributed by atoms with E-state index in [1.807, 2.05) is 7.05 Å². The van der Waals surface area contributed by atoms with Gasteiger partial charge in [-0.25, -0.2) is 0 Å². The smallest absolute Gasteiger partial charge is 0.0648 e. The molecule has 0 aromatic rings. The first kappa shape index (κ1) is 9.66. The highest BCUT2D eigenvalue weighted by Gasteiger charge is 1.97. The fourth-order valence-electron chi connectivity index (χ4n) is 0.663. The molecule has 1 atom stereocenters. The molecule has 1 unspecified atom stereocenters. The van der Waals surface area contributed by atoms with Crippen molar-refractivity contribution in [3.05, 3.63) is 12.7 Å². The predicted octanol–water partition coefficient (Wildman–Crippen LogP) is 1.19. The van der Waals surface area contributed by atoms with E-state index in [1.54, 1.807) is 6.08 Å². The van der Waals surface area contributed by atoms with Gasteiger partial charge in [-0.15, -0.1) is 6.58 Å². The fraction of sp³-hybridized carbons (Fsp3) is 0.750. The summed E-state index contributed by atoms with van der Waals surface area (Å²) in [6.07, 6.45) is 3.17. The summed E-state index contributed by atoms with van der Waals surface area (Å²) in [5.74, 6) is 0. The van der Waals surface area contributed by atoms with Crippen LogP contribution in [0.1, 0.15) is 13.3 Å². The summed E-state index contributed by atoms with van der Waals surface area (Å²) in [4.78, 5) is 0. The van der Waals surface area contributed by atoms with E-state index in [0.717, 1.165) is 13.0 Å². The topological polar surface area (TPSA) is 21.3 Å². The molecule has 0 aromatic heterocycles. The molecular formula is C8H17NO. The van der Waals surface area contributed by atoms with Gasteiger partial charge >= 0.3 is 0 Å². The molecule has 0 aromatic carbocycles. The minimum atomic E-state index is 0.338. The van der Waals surface area contributed by atoms with Gasteiger partial charge in [-0.3, -0.25) is 0 Å². The lowest BCUT2D eigenvalue weighted by atomic mass is 10.3. The average molecular weight is 143 g/mol. The Labute approximate surface area is 63.3 Å². The zero-order valence-electron chi connectivity index (χ0n) is 6.89. The van der Waals surface area contributed by atoms with Gasteiger partial charge in [-0.2, -0.15) is 0 Å². The van der Waals surface area contributed by atoms with Gasteiger partial charge < -0.3 is 10.1 Å². The normalized spacial score (nSPS) is 13.0. The summed E-state index contributed by atoms with van der Waals surface area (Å²) < 4.78 is 5.34. The van der Waals surface area contributed by atoms with E-state index in [0.29, 0.717) is 12.7 Å². The molecule has 0 heterocycles. The number of nitrogens with one attached hydrogen (secondary N) is 1. The van der Waals surface area contributed by atoms with Crippen molar-refractivity contribution in [2.75, 3.05) is 20.2 Å². The van der Waals surface area contributed by atoms with E-state index < -0.39 is 0 Å². The van der Waals surface area contributed by atoms with Gasteiger partial charge in [0.1, 0.15) is 0 Å². The van der Waals surface area contributed by atoms with Crippen LogP contribution in [0.15, 0.2) is 12.7 Å². The molecule has 0 spiro atoms. The molecular weight excluding hydrogens is 126 g/mol. The molecule has 0 aliphatic rings. The van der Waals surface area contributed by atoms with E-state index in [4.69, 9.17) is 4.74 Å². The first-order valence-electron chi connectivity index (χ1n) is 3.68. The molecule has 0 saturated carbocycles. The number of rotatable bonds is 6. The first-order chi connectivity index (χ1) is 4.81. The summed E-state index contributed by atoms with van der Waals surface area (Å²) in [6.45, 7) is 7.31. The van der Waals surface area contributed by atoms with Crippen molar-refractivity contribution in [3.63, 3.8) is 0 Å². The maximum Gasteiger partial charge on any atom is 0.0648 e. The van der Waals surface area contributed by atoms with E-state index in [9.17, 15) is 0 Å². The van der Waals surface area contributed by atoms with Gasteiger partial charge in [0.25, 0.3) is 0 Å². The molecule has 10 heavy (non-hydrogen) atoms. The van der Waals surface area contributed by atoms with Crippen molar-refractivity contribution in [2.24, 2.45) is 0 Å². The Bertz CT molecular complexity index is 83.3. The van der Waals surface area contributed by atoms with Crippen molar-refractivity contribution in [3.8, 4) is 0 Å². The average Bonchev–Trinajstić information content (AvgIpc) is 1.97. The minimum absolute atomic E-state index is 0.338. The van der Waals surface area contributed by atoms with Crippen LogP contribution < -0.4 is 5.32 Å². The minimum Gasteiger partial charge on any atom is -0.374 e. The molecule has 0 rings (SSSR count). The number of ether oxygens (including phenoxy) is 1. The van der Waals surface area contributed by atoms with Gasteiger partial charge in [0.05, 0.1) is 12.7 Å². The Morgan fingerprint density at radius 2 is 2.40 bits per heavy atom. The zero-order valence-corrected chi connectivity index (χ0v) is 6.89. The van der Waals surface area contributed by atoms with E-state index in [1.165, 1.54) is 0 Å². The van der Waals surface area contributed by atoms with Crippen LogP contribution in [0.5, 0.6) is 0 Å². The third-order valence-corrected chi connectivity index (χ3v) is 1.30. The predicted molar refractivity (Wildman–Crippen MR) is 44.2 cm³/mol. The third-order valence-electron chi connectivity index (χ3n) is 1.30. The molecule has 2 nitrogen and oxygen atoms in total. The third kappa shape index (κ3) is 5.79. The highest BCUT2D eigenvalue weighted by atomic mass is 16.5. The van der Waals surface area contributed by atoms with Gasteiger partial charge in [-0.05, 0) is 26.9 Å². The second-order valence-corrected chi connectivity index (χ2v) is 2.32. The SMILES string of the molecule is C=CCOC(C)CCNC. The molecule has 2 heteroatoms. The molecule has 0 aliphatic carbocycles. The van der Waals surface area contributed by atoms with Crippen LogP contribution in [0.25, 0.3) is 0 Å². The van der Waals surface area contributed by atoms with Crippen molar-refractivity contribution >= 4 is 0 Å². The standard InChI is InChI=1S/C8H17NO/c1-4-7-10-8(2)5-6-9-3/h4,8-9H,1,5-7H2,2-3H3. The Hall–Kier alpha value is -0.340. The molecule has 0 amide bonds. The van der Waals surface area contributed by atoms with Crippen LogP contribution >= 0.6 is 0 Å². The van der Waals surface area contributed by atoms with Crippen molar-refractivity contribution < 1.29 is 4.74 Å². The highest BCUT2D eigenvalue weighted by Crippen LogP contribution is 1.94. The molecule has 1 N–H and O–H groups in total. The van der Waals surface area contributed by atoms with E-state index in [-0.39, 0.29) is 0 Å². The zero-order chi connectivity index (χ0) is 7.82. The monoisotopic (exact) mass is 143 g/mol. The summed E-state index contributed by atoms with van der Waals surface area (Å²) in [5, 5.41) is 3.07. The largest absolute Gasteiger partial charge is 0.374 e. The number of hydrogen-bond donors (Lipinski definition) is 1. The first-order valence-corrected chi connectivity index (χ1v) is 3.68. The summed E-state index contributed by atoms with van der Waals surface area (Å²) in [7, 11) is 1.94. The van der Waals surface area contributed by atoms with Crippen LogP contribution in [0.2, 0.25) is 0 Å². The molecule has 0 bridgehead atoms. The lowest BCUT2D eigenvalue weighted by Gasteiger charge is -2.10. The van der Waals surface area contributed by atoms with Gasteiger partial charge in [0.15, 0.2) is 0 Å². The highest BCUT2D eigenvalue weighted by molar-refractivity contribution is 4.65. The maximum atomic E-state index is 5.34.